The second-order valence-electron chi connectivity index (χ2n) is 12.7. The van der Waals surface area contributed by atoms with Crippen LogP contribution in [0.4, 0.5) is 5.95 Å². The average molecular weight is 668 g/mol. The maximum absolute atomic E-state index is 13.9. The fraction of sp³-hybridized carbons (Fsp3) is 0.459. The number of imidazole rings is 1. The predicted molar refractivity (Wildman–Crippen MR) is 186 cm³/mol. The van der Waals surface area contributed by atoms with Crippen LogP contribution in [0.5, 0.6) is 17.2 Å². The second-order valence-corrected chi connectivity index (χ2v) is 12.7. The molecule has 2 aliphatic rings. The molecular formula is C37H45N7O5. The molecule has 1 unspecified atom stereocenters. The van der Waals surface area contributed by atoms with Gasteiger partial charge in [-0.1, -0.05) is 18.2 Å². The molecule has 1 atom stereocenters. The first-order valence-electron chi connectivity index (χ1n) is 16.9. The Labute approximate surface area is 287 Å². The molecule has 12 heteroatoms. The van der Waals surface area contributed by atoms with Crippen LogP contribution in [-0.4, -0.2) is 104 Å². The van der Waals surface area contributed by atoms with E-state index in [0.717, 1.165) is 68.0 Å². The second kappa shape index (κ2) is 15.6. The van der Waals surface area contributed by atoms with Crippen molar-refractivity contribution in [1.29, 1.82) is 5.26 Å². The predicted octanol–water partition coefficient (Wildman–Crippen LogP) is 4.75. The largest absolute Gasteiger partial charge is 0.493 e. The Bertz CT molecular complexity index is 1740. The number of nitriles is 1. The molecule has 12 nitrogen and oxygen atoms in total. The van der Waals surface area contributed by atoms with Gasteiger partial charge in [0.2, 0.25) is 11.7 Å². The SMILES string of the molecule is COc1cc(C(=O)N2CCC(CCN3CCC(Nc4nc5ccccc5n4CCOCC#N)CC3)(c3ccccn3)C2)cc(OC)c1OC. The molecule has 4 aromatic rings. The lowest BCUT2D eigenvalue weighted by Gasteiger charge is -2.36. The number of nitrogens with zero attached hydrogens (tertiary/aromatic N) is 6. The number of amides is 1. The number of hydrogen-bond acceptors (Lipinski definition) is 10. The van der Waals surface area contributed by atoms with Gasteiger partial charge in [0.25, 0.3) is 5.91 Å². The van der Waals surface area contributed by atoms with Gasteiger partial charge in [-0.2, -0.15) is 5.26 Å². The summed E-state index contributed by atoms with van der Waals surface area (Å²) in [5, 5.41) is 12.6. The third-order valence-corrected chi connectivity index (χ3v) is 9.87. The third-order valence-electron chi connectivity index (χ3n) is 9.87. The van der Waals surface area contributed by atoms with Crippen LogP contribution in [-0.2, 0) is 16.7 Å². The number of rotatable bonds is 14. The number of pyridine rings is 1. The summed E-state index contributed by atoms with van der Waals surface area (Å²) in [4.78, 5) is 28.0. The van der Waals surface area contributed by atoms with Crippen molar-refractivity contribution in [3.05, 3.63) is 72.1 Å². The molecule has 0 spiro atoms. The van der Waals surface area contributed by atoms with Gasteiger partial charge in [0.15, 0.2) is 11.5 Å². The number of para-hydroxylation sites is 2. The van der Waals surface area contributed by atoms with Gasteiger partial charge in [0.05, 0.1) is 45.0 Å². The summed E-state index contributed by atoms with van der Waals surface area (Å²) < 4.78 is 24.1. The van der Waals surface area contributed by atoms with E-state index in [9.17, 15) is 4.79 Å². The summed E-state index contributed by atoms with van der Waals surface area (Å²) in [6, 6.07) is 20.0. The van der Waals surface area contributed by atoms with Crippen LogP contribution in [0.1, 0.15) is 41.7 Å². The highest BCUT2D eigenvalue weighted by molar-refractivity contribution is 5.96. The van der Waals surface area contributed by atoms with E-state index < -0.39 is 0 Å². The normalized spacial score (nSPS) is 18.4. The number of likely N-dealkylation sites (tertiary alicyclic amines) is 2. The van der Waals surface area contributed by atoms with Crippen molar-refractivity contribution in [2.24, 2.45) is 0 Å². The van der Waals surface area contributed by atoms with E-state index in [1.165, 1.54) is 0 Å². The Kier molecular flexibility index (Phi) is 10.8. The monoisotopic (exact) mass is 667 g/mol. The van der Waals surface area contributed by atoms with Crippen LogP contribution in [0.3, 0.4) is 0 Å². The van der Waals surface area contributed by atoms with Crippen molar-refractivity contribution in [2.75, 3.05) is 72.6 Å². The third kappa shape index (κ3) is 7.43. The summed E-state index contributed by atoms with van der Waals surface area (Å²) in [5.41, 5.74) is 3.29. The Morgan fingerprint density at radius 1 is 1.00 bits per heavy atom. The van der Waals surface area contributed by atoms with Gasteiger partial charge in [-0.3, -0.25) is 9.78 Å². The molecular weight excluding hydrogens is 622 g/mol. The topological polar surface area (TPSA) is 127 Å². The molecule has 2 aliphatic heterocycles. The van der Waals surface area contributed by atoms with Gasteiger partial charge < -0.3 is 38.6 Å². The lowest BCUT2D eigenvalue weighted by molar-refractivity contribution is 0.0778. The lowest BCUT2D eigenvalue weighted by Crippen LogP contribution is -2.43. The molecule has 0 bridgehead atoms. The van der Waals surface area contributed by atoms with Gasteiger partial charge in [-0.15, -0.1) is 0 Å². The summed E-state index contributed by atoms with van der Waals surface area (Å²) in [6.07, 6.45) is 5.58. The van der Waals surface area contributed by atoms with E-state index in [1.807, 2.05) is 47.5 Å². The summed E-state index contributed by atoms with van der Waals surface area (Å²) in [6.45, 7) is 5.24. The number of carbonyl (C=O) groups excluding carboxylic acids is 1. The van der Waals surface area contributed by atoms with Crippen molar-refractivity contribution in [3.8, 4) is 23.3 Å². The Morgan fingerprint density at radius 2 is 1.76 bits per heavy atom. The molecule has 1 amide bonds. The fourth-order valence-electron chi connectivity index (χ4n) is 7.19. The van der Waals surface area contributed by atoms with Crippen LogP contribution in [0.15, 0.2) is 60.8 Å². The molecule has 258 valence electrons. The quantitative estimate of drug-likeness (QED) is 0.188. The Morgan fingerprint density at radius 3 is 2.45 bits per heavy atom. The molecule has 2 aromatic heterocycles. The summed E-state index contributed by atoms with van der Waals surface area (Å²) >= 11 is 0. The smallest absolute Gasteiger partial charge is 0.254 e. The lowest BCUT2D eigenvalue weighted by atomic mass is 9.79. The Balaban J connectivity index is 1.10. The number of nitrogens with one attached hydrogen (secondary N) is 1. The molecule has 0 saturated carbocycles. The molecule has 4 heterocycles. The number of fused-ring (bicyclic) bond motifs is 1. The van der Waals surface area contributed by atoms with Gasteiger partial charge in [-0.25, -0.2) is 4.98 Å². The highest BCUT2D eigenvalue weighted by atomic mass is 16.5. The molecule has 2 aromatic carbocycles. The summed E-state index contributed by atoms with van der Waals surface area (Å²) in [5.74, 6) is 2.16. The van der Waals surface area contributed by atoms with Crippen molar-refractivity contribution in [1.82, 2.24) is 24.3 Å². The number of piperidine rings is 1. The van der Waals surface area contributed by atoms with Crippen LogP contribution in [0.2, 0.25) is 0 Å². The van der Waals surface area contributed by atoms with E-state index in [0.29, 0.717) is 55.1 Å². The van der Waals surface area contributed by atoms with Crippen molar-refractivity contribution in [3.63, 3.8) is 0 Å². The van der Waals surface area contributed by atoms with E-state index >= 15 is 0 Å². The molecule has 2 saturated heterocycles. The number of carbonyl (C=O) groups is 1. The van der Waals surface area contributed by atoms with Crippen LogP contribution < -0.4 is 19.5 Å². The number of ether oxygens (including phenoxy) is 4. The zero-order valence-corrected chi connectivity index (χ0v) is 28.6. The van der Waals surface area contributed by atoms with E-state index in [-0.39, 0.29) is 17.9 Å². The van der Waals surface area contributed by atoms with E-state index in [1.54, 1.807) is 33.5 Å². The molecule has 1 N–H and O–H groups in total. The van der Waals surface area contributed by atoms with Crippen LogP contribution in [0, 0.1) is 11.3 Å². The Hall–Kier alpha value is -4.86. The van der Waals surface area contributed by atoms with Gasteiger partial charge in [0, 0.05) is 61.6 Å². The van der Waals surface area contributed by atoms with Gasteiger partial charge in [0.1, 0.15) is 6.61 Å². The van der Waals surface area contributed by atoms with Crippen molar-refractivity contribution in [2.45, 2.75) is 43.7 Å². The molecule has 0 radical (unpaired) electrons. The average Bonchev–Trinajstić information content (AvgIpc) is 3.74. The fourth-order valence-corrected chi connectivity index (χ4v) is 7.19. The zero-order valence-electron chi connectivity index (χ0n) is 28.6. The number of benzene rings is 2. The number of aromatic nitrogens is 3. The maximum atomic E-state index is 13.9. The standard InChI is InChI=1S/C37H45N7O5/c1-46-31-24-27(25-32(47-2)34(31)48-3)35(45)43-20-14-37(26-43,33-10-6-7-16-39-33)13-19-42-17-11-28(12-18-42)40-36-41-29-8-4-5-9-30(29)44(36)21-23-49-22-15-38/h4-10,16,24-25,28H,11-14,17-23,26H2,1-3H3,(H,40,41). The minimum atomic E-state index is -0.245. The van der Waals surface area contributed by atoms with Gasteiger partial charge in [-0.05, 0) is 68.6 Å². The van der Waals surface area contributed by atoms with E-state index in [4.69, 9.17) is 34.2 Å². The minimum absolute atomic E-state index is 0.0633. The number of hydrogen-bond donors (Lipinski definition) is 1. The first-order chi connectivity index (χ1) is 24.0. The van der Waals surface area contributed by atoms with Gasteiger partial charge >= 0.3 is 0 Å². The summed E-state index contributed by atoms with van der Waals surface area (Å²) in [7, 11) is 4.66. The highest BCUT2D eigenvalue weighted by Crippen LogP contribution is 2.41. The molecule has 0 aliphatic carbocycles. The van der Waals surface area contributed by atoms with E-state index in [2.05, 4.69) is 26.9 Å². The molecule has 6 rings (SSSR count). The molecule has 2 fully saturated rings. The highest BCUT2D eigenvalue weighted by Gasteiger charge is 2.43. The maximum Gasteiger partial charge on any atom is 0.254 e. The first-order valence-corrected chi connectivity index (χ1v) is 16.9. The van der Waals surface area contributed by atoms with Crippen LogP contribution in [0.25, 0.3) is 11.0 Å². The van der Waals surface area contributed by atoms with Crippen molar-refractivity contribution < 1.29 is 23.7 Å². The zero-order chi connectivity index (χ0) is 34.2. The first kappa shape index (κ1) is 34.0. The van der Waals surface area contributed by atoms with Crippen molar-refractivity contribution >= 4 is 22.9 Å². The minimum Gasteiger partial charge on any atom is -0.493 e. The van der Waals surface area contributed by atoms with Crippen LogP contribution >= 0.6 is 0 Å². The number of anilines is 1. The number of methoxy groups -OCH3 is 3. The molecule has 49 heavy (non-hydrogen) atoms.